The summed E-state index contributed by atoms with van der Waals surface area (Å²) in [4.78, 5) is 3.72. The fourth-order valence-corrected chi connectivity index (χ4v) is 3.74. The maximum absolute atomic E-state index is 5.29. The molecule has 3 nitrogen and oxygen atoms in total. The Hall–Kier alpha value is -2.68. The molecule has 0 saturated heterocycles. The monoisotopic (exact) mass is 333 g/mol. The zero-order valence-corrected chi connectivity index (χ0v) is 14.8. The molecule has 1 aliphatic rings. The number of rotatable bonds is 4. The number of ether oxygens (including phenoxy) is 2. The summed E-state index contributed by atoms with van der Waals surface area (Å²) in [5.74, 6) is 1.78. The van der Waals surface area contributed by atoms with Gasteiger partial charge in [-0.1, -0.05) is 0 Å². The van der Waals surface area contributed by atoms with Gasteiger partial charge in [0.2, 0.25) is 0 Å². The molecule has 0 fully saturated rings. The Morgan fingerprint density at radius 2 is 1.04 bits per heavy atom. The first kappa shape index (κ1) is 15.8. The van der Waals surface area contributed by atoms with Gasteiger partial charge in [-0.05, 0) is 96.5 Å². The summed E-state index contributed by atoms with van der Waals surface area (Å²) in [5.41, 5.74) is 7.90. The van der Waals surface area contributed by atoms with Crippen LogP contribution in [0.5, 0.6) is 11.5 Å². The van der Waals surface area contributed by atoms with Crippen molar-refractivity contribution in [1.29, 1.82) is 0 Å². The molecule has 1 N–H and O–H groups in total. The SMILES string of the molecule is COc1ccc(-c2[nH]c(-c3ccc(OC)cc3)c3c2CCCC3)cc1. The lowest BCUT2D eigenvalue weighted by Crippen LogP contribution is -2.01. The molecule has 0 amide bonds. The van der Waals surface area contributed by atoms with Crippen molar-refractivity contribution in [2.75, 3.05) is 14.2 Å². The van der Waals surface area contributed by atoms with Gasteiger partial charge in [0.05, 0.1) is 14.2 Å². The molecule has 3 heteroatoms. The van der Waals surface area contributed by atoms with E-state index in [1.54, 1.807) is 14.2 Å². The summed E-state index contributed by atoms with van der Waals surface area (Å²) in [6.45, 7) is 0. The number of aromatic amines is 1. The molecule has 3 aromatic rings. The van der Waals surface area contributed by atoms with E-state index in [1.165, 1.54) is 46.5 Å². The average molecular weight is 333 g/mol. The Balaban J connectivity index is 1.81. The second-order valence-corrected chi connectivity index (χ2v) is 6.50. The zero-order chi connectivity index (χ0) is 17.2. The van der Waals surface area contributed by atoms with Gasteiger partial charge in [-0.15, -0.1) is 0 Å². The van der Waals surface area contributed by atoms with Crippen molar-refractivity contribution in [3.05, 3.63) is 59.7 Å². The van der Waals surface area contributed by atoms with Crippen LogP contribution in [0.15, 0.2) is 48.5 Å². The number of aromatic nitrogens is 1. The summed E-state index contributed by atoms with van der Waals surface area (Å²) in [6, 6.07) is 16.7. The third-order valence-electron chi connectivity index (χ3n) is 5.08. The van der Waals surface area contributed by atoms with E-state index in [9.17, 15) is 0 Å². The number of hydrogen-bond acceptors (Lipinski definition) is 2. The van der Waals surface area contributed by atoms with E-state index < -0.39 is 0 Å². The smallest absolute Gasteiger partial charge is 0.118 e. The van der Waals surface area contributed by atoms with Crippen molar-refractivity contribution >= 4 is 0 Å². The first-order chi connectivity index (χ1) is 12.3. The van der Waals surface area contributed by atoms with E-state index >= 15 is 0 Å². The number of benzene rings is 2. The van der Waals surface area contributed by atoms with Gasteiger partial charge in [-0.2, -0.15) is 0 Å². The molecule has 1 aromatic heterocycles. The molecular weight excluding hydrogens is 310 g/mol. The molecule has 0 spiro atoms. The maximum atomic E-state index is 5.29. The van der Waals surface area contributed by atoms with Gasteiger partial charge in [0, 0.05) is 11.4 Å². The van der Waals surface area contributed by atoms with Gasteiger partial charge >= 0.3 is 0 Å². The van der Waals surface area contributed by atoms with Crippen molar-refractivity contribution in [2.24, 2.45) is 0 Å². The van der Waals surface area contributed by atoms with Gasteiger partial charge < -0.3 is 14.5 Å². The predicted octanol–water partition coefficient (Wildman–Crippen LogP) is 5.24. The Labute approximate surface area is 148 Å². The van der Waals surface area contributed by atoms with Crippen LogP contribution in [0.3, 0.4) is 0 Å². The average Bonchev–Trinajstić information content (AvgIpc) is 3.08. The van der Waals surface area contributed by atoms with E-state index in [2.05, 4.69) is 29.2 Å². The minimum absolute atomic E-state index is 0.888. The highest BCUT2D eigenvalue weighted by atomic mass is 16.5. The lowest BCUT2D eigenvalue weighted by Gasteiger charge is -2.14. The van der Waals surface area contributed by atoms with Crippen molar-refractivity contribution in [2.45, 2.75) is 25.7 Å². The van der Waals surface area contributed by atoms with Crippen LogP contribution in [0.2, 0.25) is 0 Å². The fourth-order valence-electron chi connectivity index (χ4n) is 3.74. The first-order valence-electron chi connectivity index (χ1n) is 8.82. The zero-order valence-electron chi connectivity index (χ0n) is 14.8. The highest BCUT2D eigenvalue weighted by Crippen LogP contribution is 2.38. The molecule has 0 atom stereocenters. The van der Waals surface area contributed by atoms with Crippen LogP contribution in [0, 0.1) is 0 Å². The molecule has 1 heterocycles. The summed E-state index contributed by atoms with van der Waals surface area (Å²) in [6.07, 6.45) is 4.80. The van der Waals surface area contributed by atoms with Crippen molar-refractivity contribution in [1.82, 2.24) is 4.98 Å². The molecule has 0 aliphatic heterocycles. The molecule has 0 radical (unpaired) electrons. The molecule has 0 bridgehead atoms. The van der Waals surface area contributed by atoms with Gasteiger partial charge in [-0.25, -0.2) is 0 Å². The lowest BCUT2D eigenvalue weighted by atomic mass is 9.89. The Bertz CT molecular complexity index is 788. The predicted molar refractivity (Wildman–Crippen MR) is 101 cm³/mol. The van der Waals surface area contributed by atoms with E-state index in [4.69, 9.17) is 9.47 Å². The number of hydrogen-bond donors (Lipinski definition) is 1. The topological polar surface area (TPSA) is 34.2 Å². The van der Waals surface area contributed by atoms with Crippen LogP contribution in [0.25, 0.3) is 22.5 Å². The van der Waals surface area contributed by atoms with Gasteiger partial charge in [0.25, 0.3) is 0 Å². The molecule has 25 heavy (non-hydrogen) atoms. The fraction of sp³-hybridized carbons (Fsp3) is 0.273. The van der Waals surface area contributed by atoms with E-state index in [0.717, 1.165) is 24.3 Å². The maximum Gasteiger partial charge on any atom is 0.118 e. The summed E-state index contributed by atoms with van der Waals surface area (Å²) in [5, 5.41) is 0. The molecule has 0 unspecified atom stereocenters. The second-order valence-electron chi connectivity index (χ2n) is 6.50. The molecule has 4 rings (SSSR count). The van der Waals surface area contributed by atoms with Crippen molar-refractivity contribution in [3.8, 4) is 34.0 Å². The van der Waals surface area contributed by atoms with Crippen LogP contribution in [0.4, 0.5) is 0 Å². The molecule has 1 aliphatic carbocycles. The number of H-pyrrole nitrogens is 1. The Kier molecular flexibility index (Phi) is 4.22. The van der Waals surface area contributed by atoms with E-state index in [-0.39, 0.29) is 0 Å². The standard InChI is InChI=1S/C22H23NO2/c1-24-17-11-7-15(8-12-17)21-19-5-3-4-6-20(19)22(23-21)16-9-13-18(25-2)14-10-16/h7-14,23H,3-6H2,1-2H3. The highest BCUT2D eigenvalue weighted by molar-refractivity contribution is 5.76. The van der Waals surface area contributed by atoms with E-state index in [1.807, 2.05) is 24.3 Å². The van der Waals surface area contributed by atoms with Crippen LogP contribution < -0.4 is 9.47 Å². The van der Waals surface area contributed by atoms with Gasteiger partial charge in [0.1, 0.15) is 11.5 Å². The second kappa shape index (κ2) is 6.67. The highest BCUT2D eigenvalue weighted by Gasteiger charge is 2.22. The van der Waals surface area contributed by atoms with Crippen LogP contribution in [-0.2, 0) is 12.8 Å². The number of fused-ring (bicyclic) bond motifs is 1. The summed E-state index contributed by atoms with van der Waals surface area (Å²) in [7, 11) is 3.40. The summed E-state index contributed by atoms with van der Waals surface area (Å²) < 4.78 is 10.6. The quantitative estimate of drug-likeness (QED) is 0.708. The number of methoxy groups -OCH3 is 2. The molecular formula is C22H23NO2. The number of nitrogens with one attached hydrogen (secondary N) is 1. The first-order valence-corrected chi connectivity index (χ1v) is 8.82. The van der Waals surface area contributed by atoms with Crippen molar-refractivity contribution < 1.29 is 9.47 Å². The van der Waals surface area contributed by atoms with Gasteiger partial charge in [0.15, 0.2) is 0 Å². The Morgan fingerprint density at radius 1 is 0.640 bits per heavy atom. The minimum Gasteiger partial charge on any atom is -0.497 e. The van der Waals surface area contributed by atoms with Crippen LogP contribution in [0.1, 0.15) is 24.0 Å². The normalized spacial score (nSPS) is 13.4. The lowest BCUT2D eigenvalue weighted by molar-refractivity contribution is 0.415. The third-order valence-corrected chi connectivity index (χ3v) is 5.08. The minimum atomic E-state index is 0.888. The third kappa shape index (κ3) is 2.91. The Morgan fingerprint density at radius 3 is 1.40 bits per heavy atom. The largest absolute Gasteiger partial charge is 0.497 e. The molecule has 128 valence electrons. The molecule has 2 aromatic carbocycles. The summed E-state index contributed by atoms with van der Waals surface area (Å²) >= 11 is 0. The van der Waals surface area contributed by atoms with Crippen molar-refractivity contribution in [3.63, 3.8) is 0 Å². The van der Waals surface area contributed by atoms with E-state index in [0.29, 0.717) is 0 Å². The van der Waals surface area contributed by atoms with Crippen LogP contribution in [-0.4, -0.2) is 19.2 Å². The molecule has 0 saturated carbocycles. The van der Waals surface area contributed by atoms with Gasteiger partial charge in [-0.3, -0.25) is 0 Å². The van der Waals surface area contributed by atoms with Crippen LogP contribution >= 0.6 is 0 Å².